The Hall–Kier alpha value is -3.25. The number of nitrogens with zero attached hydrogens (tertiary/aromatic N) is 2. The Morgan fingerprint density at radius 1 is 1.07 bits per heavy atom. The first kappa shape index (κ1) is 17.2. The van der Waals surface area contributed by atoms with E-state index in [1.54, 1.807) is 24.5 Å². The molecule has 2 N–H and O–H groups in total. The summed E-state index contributed by atoms with van der Waals surface area (Å²) in [6.07, 6.45) is 1.55. The lowest BCUT2D eigenvalue weighted by molar-refractivity contribution is 0.0697. The molecule has 0 radical (unpaired) electrons. The third-order valence-electron chi connectivity index (χ3n) is 4.38. The number of hydrogen-bond acceptors (Lipinski definition) is 5. The second-order valence-corrected chi connectivity index (χ2v) is 7.25. The molecule has 134 valence electrons. The Kier molecular flexibility index (Phi) is 4.56. The van der Waals surface area contributed by atoms with Gasteiger partial charge < -0.3 is 10.4 Å². The van der Waals surface area contributed by atoms with Crippen molar-refractivity contribution in [3.63, 3.8) is 0 Å². The summed E-state index contributed by atoms with van der Waals surface area (Å²) in [7, 11) is 0. The van der Waals surface area contributed by atoms with Gasteiger partial charge in [-0.3, -0.25) is 0 Å². The lowest BCUT2D eigenvalue weighted by Crippen LogP contribution is -2.08. The molecule has 0 saturated heterocycles. The van der Waals surface area contributed by atoms with Crippen LogP contribution >= 0.6 is 11.3 Å². The summed E-state index contributed by atoms with van der Waals surface area (Å²) in [5, 5.41) is 13.6. The van der Waals surface area contributed by atoms with Gasteiger partial charge in [0.25, 0.3) is 0 Å². The number of thiophene rings is 1. The maximum atomic E-state index is 11.2. The van der Waals surface area contributed by atoms with E-state index >= 15 is 0 Å². The Bertz CT molecular complexity index is 1110. The van der Waals surface area contributed by atoms with Crippen LogP contribution < -0.4 is 5.32 Å². The lowest BCUT2D eigenvalue weighted by atomic mass is 10.1. The minimum atomic E-state index is -0.934. The molecule has 0 saturated carbocycles. The van der Waals surface area contributed by atoms with Gasteiger partial charge in [0, 0.05) is 10.9 Å². The number of carboxylic acids is 1. The number of nitrogens with one attached hydrogen (secondary N) is 1. The SMILES string of the molecule is C[C@@H](Nc1ncnc2sc(-c3cccc(C(=O)O)c3)cc12)c1ccccc1. The fraction of sp³-hybridized carbons (Fsp3) is 0.0952. The van der Waals surface area contributed by atoms with Crippen LogP contribution in [0.1, 0.15) is 28.9 Å². The van der Waals surface area contributed by atoms with Crippen LogP contribution in [0.4, 0.5) is 5.82 Å². The number of aromatic carboxylic acids is 1. The van der Waals surface area contributed by atoms with Gasteiger partial charge in [-0.1, -0.05) is 42.5 Å². The molecule has 0 aliphatic carbocycles. The van der Waals surface area contributed by atoms with Crippen molar-refractivity contribution in [3.05, 3.63) is 78.1 Å². The molecule has 2 heterocycles. The summed E-state index contributed by atoms with van der Waals surface area (Å²) >= 11 is 1.52. The Morgan fingerprint density at radius 3 is 2.67 bits per heavy atom. The molecule has 2 aromatic carbocycles. The molecule has 4 aromatic rings. The van der Waals surface area contributed by atoms with E-state index in [4.69, 9.17) is 0 Å². The Morgan fingerprint density at radius 2 is 1.89 bits per heavy atom. The van der Waals surface area contributed by atoms with Crippen molar-refractivity contribution in [3.8, 4) is 10.4 Å². The van der Waals surface area contributed by atoms with Crippen molar-refractivity contribution >= 4 is 33.3 Å². The monoisotopic (exact) mass is 375 g/mol. The number of aromatic nitrogens is 2. The number of rotatable bonds is 5. The second kappa shape index (κ2) is 7.17. The molecule has 4 rings (SSSR count). The predicted molar refractivity (Wildman–Crippen MR) is 108 cm³/mol. The van der Waals surface area contributed by atoms with E-state index in [0.29, 0.717) is 0 Å². The zero-order chi connectivity index (χ0) is 18.8. The summed E-state index contributed by atoms with van der Waals surface area (Å²) < 4.78 is 0. The summed E-state index contributed by atoms with van der Waals surface area (Å²) in [5.74, 6) is -0.162. The average molecular weight is 375 g/mol. The van der Waals surface area contributed by atoms with Crippen LogP contribution in [-0.2, 0) is 0 Å². The van der Waals surface area contributed by atoms with Crippen LogP contribution in [0.2, 0.25) is 0 Å². The van der Waals surface area contributed by atoms with Crippen LogP contribution in [-0.4, -0.2) is 21.0 Å². The summed E-state index contributed by atoms with van der Waals surface area (Å²) in [6, 6.07) is 19.2. The standard InChI is InChI=1S/C21H17N3O2S/c1-13(14-6-3-2-4-7-14)24-19-17-11-18(27-20(17)23-12-22-19)15-8-5-9-16(10-15)21(25)26/h2-13H,1H3,(H,25,26)(H,22,23,24)/t13-/m1/s1. The van der Waals surface area contributed by atoms with Gasteiger partial charge in [-0.2, -0.15) is 0 Å². The molecule has 0 amide bonds. The van der Waals surface area contributed by atoms with Gasteiger partial charge in [0.05, 0.1) is 10.9 Å². The average Bonchev–Trinajstić information content (AvgIpc) is 3.14. The van der Waals surface area contributed by atoms with Gasteiger partial charge in [-0.05, 0) is 36.2 Å². The number of carbonyl (C=O) groups is 1. The second-order valence-electron chi connectivity index (χ2n) is 6.21. The topological polar surface area (TPSA) is 75.1 Å². The van der Waals surface area contributed by atoms with Gasteiger partial charge in [0.15, 0.2) is 0 Å². The van der Waals surface area contributed by atoms with Crippen molar-refractivity contribution < 1.29 is 9.90 Å². The highest BCUT2D eigenvalue weighted by molar-refractivity contribution is 7.21. The zero-order valence-electron chi connectivity index (χ0n) is 14.6. The molecule has 2 aromatic heterocycles. The van der Waals surface area contributed by atoms with E-state index in [1.165, 1.54) is 16.9 Å². The van der Waals surface area contributed by atoms with Crippen LogP contribution in [0.5, 0.6) is 0 Å². The molecule has 0 spiro atoms. The first-order valence-corrected chi connectivity index (χ1v) is 9.33. The van der Waals surface area contributed by atoms with Gasteiger partial charge in [-0.25, -0.2) is 14.8 Å². The minimum absolute atomic E-state index is 0.1000. The highest BCUT2D eigenvalue weighted by Crippen LogP contribution is 2.36. The predicted octanol–water partition coefficient (Wildman–Crippen LogP) is 5.23. The van der Waals surface area contributed by atoms with Crippen LogP contribution in [0.3, 0.4) is 0 Å². The minimum Gasteiger partial charge on any atom is -0.478 e. The molecular formula is C21H17N3O2S. The number of benzene rings is 2. The lowest BCUT2D eigenvalue weighted by Gasteiger charge is -2.15. The first-order chi connectivity index (χ1) is 13.1. The van der Waals surface area contributed by atoms with Gasteiger partial charge >= 0.3 is 5.97 Å². The zero-order valence-corrected chi connectivity index (χ0v) is 15.4. The highest BCUT2D eigenvalue weighted by atomic mass is 32.1. The first-order valence-electron chi connectivity index (χ1n) is 8.51. The van der Waals surface area contributed by atoms with E-state index in [2.05, 4.69) is 34.3 Å². The third-order valence-corrected chi connectivity index (χ3v) is 5.47. The van der Waals surface area contributed by atoms with E-state index in [0.717, 1.165) is 26.5 Å². The van der Waals surface area contributed by atoms with Crippen molar-refractivity contribution in [2.75, 3.05) is 5.32 Å². The third kappa shape index (κ3) is 3.52. The molecule has 0 aliphatic rings. The summed E-state index contributed by atoms with van der Waals surface area (Å²) in [5.41, 5.74) is 2.31. The maximum Gasteiger partial charge on any atom is 0.335 e. The molecule has 0 bridgehead atoms. The molecule has 5 nitrogen and oxygen atoms in total. The fourth-order valence-electron chi connectivity index (χ4n) is 2.95. The van der Waals surface area contributed by atoms with Crippen molar-refractivity contribution in [2.45, 2.75) is 13.0 Å². The molecule has 6 heteroatoms. The number of hydrogen-bond donors (Lipinski definition) is 2. The van der Waals surface area contributed by atoms with Gasteiger partial charge in [0.2, 0.25) is 0 Å². The highest BCUT2D eigenvalue weighted by Gasteiger charge is 2.14. The van der Waals surface area contributed by atoms with Crippen molar-refractivity contribution in [1.29, 1.82) is 0 Å². The molecule has 0 fully saturated rings. The quantitative estimate of drug-likeness (QED) is 0.499. The molecule has 1 atom stereocenters. The Labute approximate surface area is 160 Å². The van der Waals surface area contributed by atoms with Crippen LogP contribution in [0, 0.1) is 0 Å². The number of carboxylic acid groups (broad SMARTS) is 1. The van der Waals surface area contributed by atoms with Gasteiger partial charge in [0.1, 0.15) is 17.0 Å². The van der Waals surface area contributed by atoms with Crippen molar-refractivity contribution in [1.82, 2.24) is 9.97 Å². The fourth-order valence-corrected chi connectivity index (χ4v) is 3.94. The van der Waals surface area contributed by atoms with Gasteiger partial charge in [-0.15, -0.1) is 11.3 Å². The Balaban J connectivity index is 1.70. The normalized spacial score (nSPS) is 12.0. The summed E-state index contributed by atoms with van der Waals surface area (Å²) in [4.78, 5) is 21.9. The smallest absolute Gasteiger partial charge is 0.335 e. The number of anilines is 1. The largest absolute Gasteiger partial charge is 0.478 e. The van der Waals surface area contributed by atoms with Crippen LogP contribution in [0.25, 0.3) is 20.7 Å². The molecular weight excluding hydrogens is 358 g/mol. The maximum absolute atomic E-state index is 11.2. The van der Waals surface area contributed by atoms with Crippen molar-refractivity contribution in [2.24, 2.45) is 0 Å². The van der Waals surface area contributed by atoms with Crippen LogP contribution in [0.15, 0.2) is 67.0 Å². The van der Waals surface area contributed by atoms with E-state index in [-0.39, 0.29) is 11.6 Å². The van der Waals surface area contributed by atoms with E-state index in [1.807, 2.05) is 30.3 Å². The van der Waals surface area contributed by atoms with E-state index in [9.17, 15) is 9.90 Å². The molecule has 0 aliphatic heterocycles. The molecule has 0 unspecified atom stereocenters. The number of fused-ring (bicyclic) bond motifs is 1. The summed E-state index contributed by atoms with van der Waals surface area (Å²) in [6.45, 7) is 2.09. The molecule has 27 heavy (non-hydrogen) atoms. The van der Waals surface area contributed by atoms with E-state index < -0.39 is 5.97 Å².